The number of amides is 1. The lowest BCUT2D eigenvalue weighted by atomic mass is 10.1. The minimum absolute atomic E-state index is 0.00559. The zero-order valence-electron chi connectivity index (χ0n) is 12.2. The van der Waals surface area contributed by atoms with Crippen LogP contribution in [-0.4, -0.2) is 30.5 Å². The highest BCUT2D eigenvalue weighted by Gasteiger charge is 2.08. The van der Waals surface area contributed by atoms with Crippen molar-refractivity contribution >= 4 is 23.4 Å². The third kappa shape index (κ3) is 5.15. The molecule has 0 aliphatic heterocycles. The summed E-state index contributed by atoms with van der Waals surface area (Å²) in [5.41, 5.74) is 2.95. The molecule has 1 amide bonds. The molecular formula is C15H24N2OS. The van der Waals surface area contributed by atoms with Crippen LogP contribution in [0, 0.1) is 6.92 Å². The van der Waals surface area contributed by atoms with E-state index in [4.69, 9.17) is 0 Å². The van der Waals surface area contributed by atoms with Crippen molar-refractivity contribution in [3.05, 3.63) is 29.3 Å². The molecule has 2 N–H and O–H groups in total. The maximum absolute atomic E-state index is 12.0. The topological polar surface area (TPSA) is 41.1 Å². The van der Waals surface area contributed by atoms with E-state index in [1.165, 1.54) is 0 Å². The largest absolute Gasteiger partial charge is 0.385 e. The zero-order valence-corrected chi connectivity index (χ0v) is 13.1. The second-order valence-corrected chi connectivity index (χ2v) is 5.99. The van der Waals surface area contributed by atoms with E-state index >= 15 is 0 Å². The van der Waals surface area contributed by atoms with E-state index in [0.717, 1.165) is 29.8 Å². The Hall–Kier alpha value is -1.16. The van der Waals surface area contributed by atoms with Crippen LogP contribution in [0.2, 0.25) is 0 Å². The number of rotatable bonds is 7. The van der Waals surface area contributed by atoms with Gasteiger partial charge in [-0.2, -0.15) is 11.8 Å². The summed E-state index contributed by atoms with van der Waals surface area (Å²) in [6.07, 6.45) is 3.14. The van der Waals surface area contributed by atoms with Gasteiger partial charge in [0.2, 0.25) is 0 Å². The first-order chi connectivity index (χ1) is 9.08. The number of hydrogen-bond donors (Lipinski definition) is 2. The first-order valence-corrected chi connectivity index (χ1v) is 8.02. The fourth-order valence-electron chi connectivity index (χ4n) is 1.68. The second kappa shape index (κ2) is 8.10. The Labute approximate surface area is 120 Å². The molecule has 0 radical (unpaired) electrons. The SMILES string of the molecule is CCCNc1ccc(C(=O)NCC(C)SC)cc1C. The van der Waals surface area contributed by atoms with Crippen LogP contribution in [-0.2, 0) is 0 Å². The monoisotopic (exact) mass is 280 g/mol. The Morgan fingerprint density at radius 3 is 2.74 bits per heavy atom. The van der Waals surface area contributed by atoms with Crippen LogP contribution in [0.25, 0.3) is 0 Å². The van der Waals surface area contributed by atoms with E-state index in [9.17, 15) is 4.79 Å². The molecule has 0 bridgehead atoms. The molecule has 1 rings (SSSR count). The van der Waals surface area contributed by atoms with E-state index in [-0.39, 0.29) is 5.91 Å². The molecule has 0 aliphatic carbocycles. The molecular weight excluding hydrogens is 256 g/mol. The number of aryl methyl sites for hydroxylation is 1. The van der Waals surface area contributed by atoms with Gasteiger partial charge in [-0.3, -0.25) is 4.79 Å². The van der Waals surface area contributed by atoms with Gasteiger partial charge in [-0.05, 0) is 43.4 Å². The minimum Gasteiger partial charge on any atom is -0.385 e. The number of hydrogen-bond acceptors (Lipinski definition) is 3. The van der Waals surface area contributed by atoms with Crippen LogP contribution >= 0.6 is 11.8 Å². The third-order valence-corrected chi connectivity index (χ3v) is 3.98. The van der Waals surface area contributed by atoms with Gasteiger partial charge in [0, 0.05) is 29.6 Å². The molecule has 106 valence electrons. The average Bonchev–Trinajstić information content (AvgIpc) is 2.42. The lowest BCUT2D eigenvalue weighted by molar-refractivity contribution is 0.0954. The Morgan fingerprint density at radius 2 is 2.16 bits per heavy atom. The van der Waals surface area contributed by atoms with Gasteiger partial charge < -0.3 is 10.6 Å². The van der Waals surface area contributed by atoms with Gasteiger partial charge in [0.05, 0.1) is 0 Å². The quantitative estimate of drug-likeness (QED) is 0.805. The van der Waals surface area contributed by atoms with Crippen LogP contribution in [0.3, 0.4) is 0 Å². The molecule has 0 spiro atoms. The highest BCUT2D eigenvalue weighted by atomic mass is 32.2. The maximum atomic E-state index is 12.0. The summed E-state index contributed by atoms with van der Waals surface area (Å²) in [6, 6.07) is 5.80. The summed E-state index contributed by atoms with van der Waals surface area (Å²) < 4.78 is 0. The minimum atomic E-state index is 0.00559. The number of carbonyl (C=O) groups excluding carboxylic acids is 1. The number of carbonyl (C=O) groups is 1. The van der Waals surface area contributed by atoms with Crippen LogP contribution in [0.4, 0.5) is 5.69 Å². The molecule has 0 saturated carbocycles. The third-order valence-electron chi connectivity index (χ3n) is 3.01. The lowest BCUT2D eigenvalue weighted by Gasteiger charge is -2.12. The van der Waals surface area contributed by atoms with Crippen molar-refractivity contribution in [2.75, 3.05) is 24.7 Å². The molecule has 3 nitrogen and oxygen atoms in total. The van der Waals surface area contributed by atoms with Crippen LogP contribution in [0.5, 0.6) is 0 Å². The fourth-order valence-corrected chi connectivity index (χ4v) is 1.93. The highest BCUT2D eigenvalue weighted by molar-refractivity contribution is 7.99. The summed E-state index contributed by atoms with van der Waals surface area (Å²) in [4.78, 5) is 12.0. The van der Waals surface area contributed by atoms with Crippen molar-refractivity contribution < 1.29 is 4.79 Å². The smallest absolute Gasteiger partial charge is 0.251 e. The molecule has 19 heavy (non-hydrogen) atoms. The summed E-state index contributed by atoms with van der Waals surface area (Å²) in [5, 5.41) is 6.75. The Bertz CT molecular complexity index is 421. The van der Waals surface area contributed by atoms with E-state index < -0.39 is 0 Å². The van der Waals surface area contributed by atoms with Crippen molar-refractivity contribution in [2.45, 2.75) is 32.4 Å². The van der Waals surface area contributed by atoms with E-state index in [1.54, 1.807) is 11.8 Å². The molecule has 0 aromatic heterocycles. The fraction of sp³-hybridized carbons (Fsp3) is 0.533. The average molecular weight is 280 g/mol. The lowest BCUT2D eigenvalue weighted by Crippen LogP contribution is -2.29. The molecule has 1 aromatic rings. The number of benzene rings is 1. The zero-order chi connectivity index (χ0) is 14.3. The van der Waals surface area contributed by atoms with Crippen molar-refractivity contribution in [1.82, 2.24) is 5.32 Å². The molecule has 0 heterocycles. The molecule has 1 aromatic carbocycles. The Balaban J connectivity index is 2.63. The van der Waals surface area contributed by atoms with E-state index in [2.05, 4.69) is 30.7 Å². The number of anilines is 1. The van der Waals surface area contributed by atoms with Crippen molar-refractivity contribution in [1.29, 1.82) is 0 Å². The van der Waals surface area contributed by atoms with Crippen molar-refractivity contribution in [3.8, 4) is 0 Å². The first kappa shape index (κ1) is 15.9. The molecule has 0 saturated heterocycles. The van der Waals surface area contributed by atoms with Gasteiger partial charge in [0.25, 0.3) is 5.91 Å². The van der Waals surface area contributed by atoms with Gasteiger partial charge in [0.1, 0.15) is 0 Å². The predicted molar refractivity (Wildman–Crippen MR) is 85.3 cm³/mol. The van der Waals surface area contributed by atoms with Crippen LogP contribution in [0.1, 0.15) is 36.2 Å². The highest BCUT2D eigenvalue weighted by Crippen LogP contribution is 2.16. The summed E-state index contributed by atoms with van der Waals surface area (Å²) in [6.45, 7) is 7.93. The van der Waals surface area contributed by atoms with Crippen LogP contribution in [0.15, 0.2) is 18.2 Å². The van der Waals surface area contributed by atoms with Gasteiger partial charge in [-0.25, -0.2) is 0 Å². The Morgan fingerprint density at radius 1 is 1.42 bits per heavy atom. The Kier molecular flexibility index (Phi) is 6.78. The first-order valence-electron chi connectivity index (χ1n) is 6.74. The van der Waals surface area contributed by atoms with E-state index in [1.807, 2.05) is 25.1 Å². The van der Waals surface area contributed by atoms with Gasteiger partial charge in [0.15, 0.2) is 0 Å². The predicted octanol–water partition coefficient (Wildman–Crippen LogP) is 3.30. The van der Waals surface area contributed by atoms with Gasteiger partial charge in [-0.15, -0.1) is 0 Å². The van der Waals surface area contributed by atoms with Crippen LogP contribution < -0.4 is 10.6 Å². The second-order valence-electron chi connectivity index (χ2n) is 4.71. The molecule has 0 fully saturated rings. The normalized spacial score (nSPS) is 12.0. The summed E-state index contributed by atoms with van der Waals surface area (Å²) >= 11 is 1.75. The van der Waals surface area contributed by atoms with E-state index in [0.29, 0.717) is 11.8 Å². The molecule has 1 unspecified atom stereocenters. The van der Waals surface area contributed by atoms with Crippen molar-refractivity contribution in [3.63, 3.8) is 0 Å². The standard InChI is InChI=1S/C15H24N2OS/c1-5-8-16-14-7-6-13(9-11(14)2)15(18)17-10-12(3)19-4/h6-7,9,12,16H,5,8,10H2,1-4H3,(H,17,18). The summed E-state index contributed by atoms with van der Waals surface area (Å²) in [5.74, 6) is 0.00559. The summed E-state index contributed by atoms with van der Waals surface area (Å²) in [7, 11) is 0. The number of nitrogens with one attached hydrogen (secondary N) is 2. The van der Waals surface area contributed by atoms with Gasteiger partial charge in [-0.1, -0.05) is 13.8 Å². The molecule has 1 atom stereocenters. The van der Waals surface area contributed by atoms with Crippen molar-refractivity contribution in [2.24, 2.45) is 0 Å². The maximum Gasteiger partial charge on any atom is 0.251 e. The number of thioether (sulfide) groups is 1. The van der Waals surface area contributed by atoms with Gasteiger partial charge >= 0.3 is 0 Å². The molecule has 4 heteroatoms. The molecule has 0 aliphatic rings.